The zero-order valence-corrected chi connectivity index (χ0v) is 18.2. The van der Waals surface area contributed by atoms with Crippen LogP contribution in [-0.2, 0) is 10.2 Å². The molecular formula is C17H21BrClN3O3S. The third-order valence-corrected chi connectivity index (χ3v) is 4.90. The molecule has 1 N–H and O–H groups in total. The van der Waals surface area contributed by atoms with Crippen molar-refractivity contribution in [1.82, 2.24) is 4.98 Å². The highest BCUT2D eigenvalue weighted by Crippen LogP contribution is 2.40. The summed E-state index contributed by atoms with van der Waals surface area (Å²) in [4.78, 5) is 27.6. The molecule has 9 heteroatoms. The number of hydrogen-bond donors (Lipinski definition) is 1. The maximum Gasteiger partial charge on any atom is 0.223 e. The molecule has 142 valence electrons. The van der Waals surface area contributed by atoms with E-state index in [2.05, 4.69) is 10.3 Å². The average Bonchev–Trinajstić information content (AvgIpc) is 2.88. The van der Waals surface area contributed by atoms with Gasteiger partial charge in [0.15, 0.2) is 5.13 Å². The summed E-state index contributed by atoms with van der Waals surface area (Å²) in [6.45, 7) is 7.13. The van der Waals surface area contributed by atoms with Gasteiger partial charge in [0.1, 0.15) is 0 Å². The molecule has 0 saturated carbocycles. The van der Waals surface area contributed by atoms with Crippen molar-refractivity contribution in [2.75, 3.05) is 11.9 Å². The highest BCUT2D eigenvalue weighted by atomic mass is 79.9. The van der Waals surface area contributed by atoms with Gasteiger partial charge in [0.25, 0.3) is 0 Å². The van der Waals surface area contributed by atoms with E-state index in [4.69, 9.17) is 11.6 Å². The van der Waals surface area contributed by atoms with E-state index in [0.717, 1.165) is 16.1 Å². The molecule has 1 amide bonds. The number of halogens is 2. The maximum absolute atomic E-state index is 11.4. The molecule has 0 spiro atoms. The molecule has 1 aromatic carbocycles. The van der Waals surface area contributed by atoms with Crippen molar-refractivity contribution >= 4 is 51.0 Å². The quantitative estimate of drug-likeness (QED) is 0.498. The summed E-state index contributed by atoms with van der Waals surface area (Å²) in [7, 11) is 0. The summed E-state index contributed by atoms with van der Waals surface area (Å²) < 4.78 is 0. The van der Waals surface area contributed by atoms with Gasteiger partial charge in [0, 0.05) is 27.2 Å². The van der Waals surface area contributed by atoms with Crippen LogP contribution in [0.2, 0.25) is 5.02 Å². The summed E-state index contributed by atoms with van der Waals surface area (Å²) in [6.07, 6.45) is 0. The average molecular weight is 463 g/mol. The topological polar surface area (TPSA) is 85.1 Å². The Morgan fingerprint density at radius 2 is 1.92 bits per heavy atom. The van der Waals surface area contributed by atoms with E-state index in [1.54, 1.807) is 24.3 Å². The van der Waals surface area contributed by atoms with Crippen LogP contribution >= 0.6 is 39.9 Å². The van der Waals surface area contributed by atoms with E-state index < -0.39 is 5.92 Å². The molecule has 26 heavy (non-hydrogen) atoms. The van der Waals surface area contributed by atoms with Gasteiger partial charge in [-0.15, -0.1) is 28.3 Å². The monoisotopic (exact) mass is 461 g/mol. The molecule has 2 aromatic rings. The first kappa shape index (κ1) is 22.5. The second kappa shape index (κ2) is 8.92. The van der Waals surface area contributed by atoms with Crippen LogP contribution in [0.5, 0.6) is 0 Å². The molecule has 0 aliphatic rings. The Morgan fingerprint density at radius 3 is 2.38 bits per heavy atom. The predicted octanol–water partition coefficient (Wildman–Crippen LogP) is 5.04. The number of amides is 1. The van der Waals surface area contributed by atoms with Crippen molar-refractivity contribution in [3.63, 3.8) is 0 Å². The summed E-state index contributed by atoms with van der Waals surface area (Å²) in [5.74, 6) is -0.681. The van der Waals surface area contributed by atoms with Gasteiger partial charge in [0.05, 0.1) is 11.6 Å². The van der Waals surface area contributed by atoms with Crippen molar-refractivity contribution < 1.29 is 9.72 Å². The largest absolute Gasteiger partial charge is 0.302 e. The van der Waals surface area contributed by atoms with E-state index in [-0.39, 0.29) is 39.8 Å². The van der Waals surface area contributed by atoms with E-state index in [1.165, 1.54) is 18.3 Å². The number of nitrogens with zero attached hydrogens (tertiary/aromatic N) is 2. The minimum Gasteiger partial charge on any atom is -0.302 e. The fourth-order valence-electron chi connectivity index (χ4n) is 2.49. The first-order chi connectivity index (χ1) is 11.6. The van der Waals surface area contributed by atoms with Crippen LogP contribution < -0.4 is 5.32 Å². The number of thiazole rings is 1. The highest BCUT2D eigenvalue weighted by Gasteiger charge is 2.31. The summed E-state index contributed by atoms with van der Waals surface area (Å²) in [6, 6.07) is 7.02. The minimum absolute atomic E-state index is 0. The van der Waals surface area contributed by atoms with Crippen molar-refractivity contribution in [3.8, 4) is 0 Å². The Kier molecular flexibility index (Phi) is 7.73. The van der Waals surface area contributed by atoms with Crippen LogP contribution in [0.1, 0.15) is 49.7 Å². The number of carbonyl (C=O) groups excluding carboxylic acids is 1. The predicted molar refractivity (Wildman–Crippen MR) is 111 cm³/mol. The standard InChI is InChI=1S/C17H20ClN3O3S.BrH/c1-10(22)19-16-20-15(17(2,3)4)14(25-16)13(9-21(23)24)11-5-7-12(18)8-6-11;/h5-8,13H,9H2,1-4H3,(H,19,20,22);1H. The maximum atomic E-state index is 11.4. The third kappa shape index (κ3) is 5.75. The smallest absolute Gasteiger partial charge is 0.223 e. The first-order valence-corrected chi connectivity index (χ1v) is 8.93. The molecule has 1 atom stereocenters. The van der Waals surface area contributed by atoms with Crippen LogP contribution in [0.25, 0.3) is 0 Å². The van der Waals surface area contributed by atoms with Crippen LogP contribution in [-0.4, -0.2) is 22.4 Å². The third-order valence-electron chi connectivity index (χ3n) is 3.57. The van der Waals surface area contributed by atoms with Gasteiger partial charge in [-0.05, 0) is 17.7 Å². The summed E-state index contributed by atoms with van der Waals surface area (Å²) in [5.41, 5.74) is 1.23. The lowest BCUT2D eigenvalue weighted by Crippen LogP contribution is -2.20. The van der Waals surface area contributed by atoms with Gasteiger partial charge in [-0.3, -0.25) is 14.9 Å². The number of aromatic nitrogens is 1. The molecule has 2 rings (SSSR count). The van der Waals surface area contributed by atoms with Crippen molar-refractivity contribution in [2.24, 2.45) is 0 Å². The summed E-state index contributed by atoms with van der Waals surface area (Å²) in [5, 5.41) is 15.0. The zero-order chi connectivity index (χ0) is 18.8. The lowest BCUT2D eigenvalue weighted by Gasteiger charge is -2.21. The van der Waals surface area contributed by atoms with Crippen LogP contribution in [0, 0.1) is 10.1 Å². The van der Waals surface area contributed by atoms with Crippen LogP contribution in [0.15, 0.2) is 24.3 Å². The van der Waals surface area contributed by atoms with Gasteiger partial charge in [0.2, 0.25) is 12.5 Å². The van der Waals surface area contributed by atoms with E-state index >= 15 is 0 Å². The first-order valence-electron chi connectivity index (χ1n) is 7.74. The number of rotatable bonds is 5. The Bertz CT molecular complexity index is 788. The number of anilines is 1. The Balaban J connectivity index is 0.00000338. The number of nitrogens with one attached hydrogen (secondary N) is 1. The molecule has 0 radical (unpaired) electrons. The van der Waals surface area contributed by atoms with Crippen molar-refractivity contribution in [3.05, 3.63) is 55.5 Å². The fraction of sp³-hybridized carbons (Fsp3) is 0.412. The molecule has 0 saturated heterocycles. The molecule has 0 aliphatic heterocycles. The molecule has 0 fully saturated rings. The van der Waals surface area contributed by atoms with Gasteiger partial charge in [-0.25, -0.2) is 4.98 Å². The Morgan fingerprint density at radius 1 is 1.35 bits per heavy atom. The summed E-state index contributed by atoms with van der Waals surface area (Å²) >= 11 is 7.23. The van der Waals surface area contributed by atoms with Gasteiger partial charge >= 0.3 is 0 Å². The minimum atomic E-state index is -0.457. The second-order valence-electron chi connectivity index (χ2n) is 6.78. The van der Waals surface area contributed by atoms with Gasteiger partial charge in [-0.1, -0.05) is 44.5 Å². The number of carbonyl (C=O) groups is 1. The van der Waals surface area contributed by atoms with E-state index in [1.807, 2.05) is 20.8 Å². The van der Waals surface area contributed by atoms with Crippen molar-refractivity contribution in [1.29, 1.82) is 0 Å². The lowest BCUT2D eigenvalue weighted by atomic mass is 9.86. The zero-order valence-electron chi connectivity index (χ0n) is 14.9. The van der Waals surface area contributed by atoms with E-state index in [0.29, 0.717) is 10.2 Å². The molecule has 0 aliphatic carbocycles. The van der Waals surface area contributed by atoms with Gasteiger partial charge < -0.3 is 5.32 Å². The van der Waals surface area contributed by atoms with Gasteiger partial charge in [-0.2, -0.15) is 0 Å². The SMILES string of the molecule is Br.CC(=O)Nc1nc(C(C)(C)C)c(C(C[N+](=O)[O-])c2ccc(Cl)cc2)s1. The number of benzene rings is 1. The van der Waals surface area contributed by atoms with Crippen LogP contribution in [0.4, 0.5) is 5.13 Å². The Hall–Kier alpha value is -1.51. The molecule has 1 heterocycles. The normalized spacial score (nSPS) is 12.2. The van der Waals surface area contributed by atoms with Crippen molar-refractivity contribution in [2.45, 2.75) is 39.0 Å². The van der Waals surface area contributed by atoms with E-state index in [9.17, 15) is 14.9 Å². The Labute approximate surface area is 171 Å². The molecule has 1 unspecified atom stereocenters. The molecule has 0 bridgehead atoms. The second-order valence-corrected chi connectivity index (χ2v) is 8.25. The lowest BCUT2D eigenvalue weighted by molar-refractivity contribution is -0.481. The molecular weight excluding hydrogens is 442 g/mol. The number of hydrogen-bond acceptors (Lipinski definition) is 5. The van der Waals surface area contributed by atoms with Crippen LogP contribution in [0.3, 0.4) is 0 Å². The highest BCUT2D eigenvalue weighted by molar-refractivity contribution is 8.93. The molecule has 6 nitrogen and oxygen atoms in total. The molecule has 1 aromatic heterocycles. The number of nitro groups is 1. The fourth-order valence-corrected chi connectivity index (χ4v) is 3.96.